The largest absolute Gasteiger partial charge is 0.508 e. The van der Waals surface area contributed by atoms with Crippen LogP contribution in [-0.2, 0) is 38.6 Å². The average Bonchev–Trinajstić information content (AvgIpc) is 3.15. The highest BCUT2D eigenvalue weighted by Crippen LogP contribution is 2.39. The number of alkyl halides is 6. The summed E-state index contributed by atoms with van der Waals surface area (Å²) in [6, 6.07) is 15.6. The van der Waals surface area contributed by atoms with Gasteiger partial charge < -0.3 is 20.0 Å². The molecule has 0 radical (unpaired) electrons. The summed E-state index contributed by atoms with van der Waals surface area (Å²) in [5.41, 5.74) is 0.681. The molecule has 0 aliphatic carbocycles. The molecule has 3 aromatic rings. The summed E-state index contributed by atoms with van der Waals surface area (Å²) in [4.78, 5) is 41.5. The number of pyridine rings is 1. The van der Waals surface area contributed by atoms with Gasteiger partial charge in [0, 0.05) is 45.0 Å². The van der Waals surface area contributed by atoms with E-state index in [0.29, 0.717) is 25.9 Å². The number of carboxylic acid groups (broad SMARTS) is 1. The average molecular weight is 793 g/mol. The molecule has 0 spiro atoms. The van der Waals surface area contributed by atoms with E-state index in [-0.39, 0.29) is 41.6 Å². The van der Waals surface area contributed by atoms with E-state index in [0.717, 1.165) is 87.2 Å². The topological polar surface area (TPSA) is 135 Å². The summed E-state index contributed by atoms with van der Waals surface area (Å²) < 4.78 is 71.6. The first-order valence-electron chi connectivity index (χ1n) is 18.4. The molecule has 2 unspecified atom stereocenters. The summed E-state index contributed by atoms with van der Waals surface area (Å²) in [6.45, 7) is 9.02. The van der Waals surface area contributed by atoms with Crippen molar-refractivity contribution in [2.45, 2.75) is 103 Å². The summed E-state index contributed by atoms with van der Waals surface area (Å²) in [6.07, 6.45) is 0.706. The molecule has 2 aliphatic rings. The van der Waals surface area contributed by atoms with Gasteiger partial charge in [0.25, 0.3) is 6.47 Å². The molecule has 56 heavy (non-hydrogen) atoms. The number of hydrogen-bond acceptors (Lipinski definition) is 6. The van der Waals surface area contributed by atoms with Crippen LogP contribution < -0.4 is 0 Å². The Kier molecular flexibility index (Phi) is 18.3. The molecular formula is C41H50F6N4O5. The standard InChI is InChI=1S/C26H37N3O2.C7H6F3N.C7H5F3O.CH2O2/c1-4-9-21-11-6-7-13-23(21)26(19-27)14-17-28(18-15-26)25(31)22-12-8-16-29(20(3)30)24(22)10-5-2;1-5-4-11-3-2-6(5)7(8,9)10;8-7(9,10)5-1-3-6(11)4-2-5;2-1-3/h6-7,11,13,22,24H,4-5,8-10,12,14-18H2,1-3H3;2-4H,1H3;1-4,11H;1H,(H,2,3). The Bertz CT molecular complexity index is 1740. The highest BCUT2D eigenvalue weighted by Gasteiger charge is 2.43. The van der Waals surface area contributed by atoms with Crippen molar-refractivity contribution in [1.82, 2.24) is 14.8 Å². The van der Waals surface area contributed by atoms with E-state index in [9.17, 15) is 41.2 Å². The van der Waals surface area contributed by atoms with Gasteiger partial charge in [-0.15, -0.1) is 0 Å². The van der Waals surface area contributed by atoms with Crippen LogP contribution >= 0.6 is 0 Å². The molecule has 2 amide bonds. The third-order valence-corrected chi connectivity index (χ3v) is 9.80. The first-order chi connectivity index (χ1) is 26.4. The number of hydrogen-bond donors (Lipinski definition) is 2. The van der Waals surface area contributed by atoms with Gasteiger partial charge in [0.2, 0.25) is 11.8 Å². The molecule has 9 nitrogen and oxygen atoms in total. The van der Waals surface area contributed by atoms with Gasteiger partial charge in [0.1, 0.15) is 5.75 Å². The van der Waals surface area contributed by atoms with E-state index >= 15 is 0 Å². The zero-order chi connectivity index (χ0) is 42.1. The van der Waals surface area contributed by atoms with Gasteiger partial charge in [0.05, 0.1) is 28.5 Å². The van der Waals surface area contributed by atoms with Gasteiger partial charge in [-0.2, -0.15) is 31.6 Å². The van der Waals surface area contributed by atoms with Crippen LogP contribution in [0.1, 0.15) is 93.5 Å². The molecule has 5 rings (SSSR count). The van der Waals surface area contributed by atoms with Crippen LogP contribution in [0, 0.1) is 24.2 Å². The van der Waals surface area contributed by atoms with Crippen LogP contribution in [-0.4, -0.2) is 69.0 Å². The van der Waals surface area contributed by atoms with E-state index < -0.39 is 28.9 Å². The number of amides is 2. The fourth-order valence-corrected chi connectivity index (χ4v) is 7.09. The molecule has 1 aromatic heterocycles. The highest BCUT2D eigenvalue weighted by atomic mass is 19.4. The molecule has 2 aliphatic heterocycles. The van der Waals surface area contributed by atoms with Gasteiger partial charge in [0.15, 0.2) is 0 Å². The first kappa shape index (κ1) is 47.0. The number of carbonyl (C=O) groups excluding carboxylic acids is 2. The number of nitrogens with zero attached hydrogens (tertiary/aromatic N) is 4. The second-order valence-electron chi connectivity index (χ2n) is 13.6. The molecule has 2 N–H and O–H groups in total. The molecule has 15 heteroatoms. The minimum absolute atomic E-state index is 0.0108. The van der Waals surface area contributed by atoms with Crippen molar-refractivity contribution < 1.29 is 50.9 Å². The van der Waals surface area contributed by atoms with Crippen LogP contribution in [0.2, 0.25) is 0 Å². The van der Waals surface area contributed by atoms with Crippen LogP contribution in [0.3, 0.4) is 0 Å². The lowest BCUT2D eigenvalue weighted by Crippen LogP contribution is -2.55. The molecule has 3 heterocycles. The SMILES string of the molecule is CCCc1ccccc1C1(C#N)CCN(C(=O)C2CCCN(C(C)=O)C2CCC)CC1.Cc1cnccc1C(F)(F)F.O=CO.Oc1ccc(C(F)(F)F)cc1. The third kappa shape index (κ3) is 13.3. The number of halogens is 6. The summed E-state index contributed by atoms with van der Waals surface area (Å²) in [5, 5.41) is 25.7. The number of piperidine rings is 2. The van der Waals surface area contributed by atoms with E-state index in [4.69, 9.17) is 15.0 Å². The van der Waals surface area contributed by atoms with Crippen molar-refractivity contribution in [3.63, 3.8) is 0 Å². The smallest absolute Gasteiger partial charge is 0.416 e. The number of phenolic OH excluding ortho intramolecular Hbond substituents is 1. The third-order valence-electron chi connectivity index (χ3n) is 9.80. The molecular weight excluding hydrogens is 742 g/mol. The van der Waals surface area contributed by atoms with E-state index in [1.54, 1.807) is 6.92 Å². The number of aryl methyl sites for hydroxylation is 2. The fraction of sp³-hybridized carbons (Fsp3) is 0.488. The number of rotatable bonds is 6. The van der Waals surface area contributed by atoms with Gasteiger partial charge in [-0.3, -0.25) is 19.4 Å². The summed E-state index contributed by atoms with van der Waals surface area (Å²) in [7, 11) is 0. The Morgan fingerprint density at radius 2 is 1.57 bits per heavy atom. The fourth-order valence-electron chi connectivity index (χ4n) is 7.09. The zero-order valence-electron chi connectivity index (χ0n) is 32.0. The highest BCUT2D eigenvalue weighted by molar-refractivity contribution is 5.82. The van der Waals surface area contributed by atoms with Crippen LogP contribution in [0.15, 0.2) is 67.0 Å². The van der Waals surface area contributed by atoms with Gasteiger partial charge in [-0.25, -0.2) is 0 Å². The Morgan fingerprint density at radius 3 is 2.05 bits per heavy atom. The summed E-state index contributed by atoms with van der Waals surface area (Å²) in [5.74, 6) is -0.0269. The number of aromatic nitrogens is 1. The van der Waals surface area contributed by atoms with Gasteiger partial charge in [-0.1, -0.05) is 51.0 Å². The molecule has 2 aromatic carbocycles. The van der Waals surface area contributed by atoms with E-state index in [2.05, 4.69) is 43.1 Å². The molecule has 0 saturated carbocycles. The van der Waals surface area contributed by atoms with Crippen molar-refractivity contribution in [2.24, 2.45) is 5.92 Å². The lowest BCUT2D eigenvalue weighted by Gasteiger charge is -2.44. The number of benzene rings is 2. The maximum absolute atomic E-state index is 13.5. The molecule has 2 atom stereocenters. The van der Waals surface area contributed by atoms with E-state index in [1.807, 2.05) is 15.9 Å². The van der Waals surface area contributed by atoms with Crippen LogP contribution in [0.5, 0.6) is 5.75 Å². The second kappa shape index (κ2) is 21.8. The predicted molar refractivity (Wildman–Crippen MR) is 198 cm³/mol. The van der Waals surface area contributed by atoms with E-state index in [1.165, 1.54) is 18.7 Å². The normalized spacial score (nSPS) is 17.7. The molecule has 0 bridgehead atoms. The second-order valence-corrected chi connectivity index (χ2v) is 13.6. The Labute approximate surface area is 324 Å². The quantitative estimate of drug-likeness (QED) is 0.188. The minimum Gasteiger partial charge on any atom is -0.508 e. The molecule has 2 saturated heterocycles. The van der Waals surface area contributed by atoms with Crippen molar-refractivity contribution in [3.05, 3.63) is 94.8 Å². The Balaban J connectivity index is 0.000000351. The number of likely N-dealkylation sites (tertiary alicyclic amines) is 2. The zero-order valence-corrected chi connectivity index (χ0v) is 32.0. The first-order valence-corrected chi connectivity index (χ1v) is 18.4. The number of aromatic hydroxyl groups is 1. The number of nitriles is 1. The monoisotopic (exact) mass is 792 g/mol. The van der Waals surface area contributed by atoms with Crippen LogP contribution in [0.4, 0.5) is 26.3 Å². The van der Waals surface area contributed by atoms with Crippen molar-refractivity contribution in [2.75, 3.05) is 19.6 Å². The van der Waals surface area contributed by atoms with Gasteiger partial charge >= 0.3 is 12.4 Å². The summed E-state index contributed by atoms with van der Waals surface area (Å²) >= 11 is 0. The lowest BCUT2D eigenvalue weighted by molar-refractivity contribution is -0.145. The van der Waals surface area contributed by atoms with Crippen molar-refractivity contribution in [1.29, 1.82) is 5.26 Å². The van der Waals surface area contributed by atoms with Gasteiger partial charge in [-0.05, 0) is 92.5 Å². The van der Waals surface area contributed by atoms with Crippen molar-refractivity contribution in [3.8, 4) is 11.8 Å². The maximum Gasteiger partial charge on any atom is 0.416 e. The molecule has 306 valence electrons. The lowest BCUT2D eigenvalue weighted by atomic mass is 9.71. The number of phenols is 1. The van der Waals surface area contributed by atoms with Crippen molar-refractivity contribution >= 4 is 18.3 Å². The number of carbonyl (C=O) groups is 3. The Hall–Kier alpha value is -5.13. The van der Waals surface area contributed by atoms with Crippen LogP contribution in [0.25, 0.3) is 0 Å². The molecule has 2 fully saturated rings. The maximum atomic E-state index is 13.5. The minimum atomic E-state index is -4.33. The Morgan fingerprint density at radius 1 is 0.964 bits per heavy atom. The predicted octanol–water partition coefficient (Wildman–Crippen LogP) is 8.97.